The van der Waals surface area contributed by atoms with E-state index in [0.29, 0.717) is 11.8 Å². The van der Waals surface area contributed by atoms with E-state index in [1.165, 1.54) is 0 Å². The van der Waals surface area contributed by atoms with Crippen LogP contribution in [0.4, 0.5) is 0 Å². The molecule has 1 saturated heterocycles. The van der Waals surface area contributed by atoms with E-state index in [2.05, 4.69) is 19.2 Å². The molecular formula is C7H15NO. The largest absolute Gasteiger partial charge is 0.392 e. The Hall–Kier alpha value is -0.0800. The van der Waals surface area contributed by atoms with Crippen LogP contribution in [0.1, 0.15) is 13.8 Å². The summed E-state index contributed by atoms with van der Waals surface area (Å²) in [5.74, 6) is 0.850. The van der Waals surface area contributed by atoms with Crippen LogP contribution in [0.5, 0.6) is 0 Å². The smallest absolute Gasteiger partial charge is 0.0615 e. The van der Waals surface area contributed by atoms with Crippen molar-refractivity contribution in [2.45, 2.75) is 20.0 Å². The Bertz CT molecular complexity index is 84.9. The van der Waals surface area contributed by atoms with Crippen LogP contribution in [0.2, 0.25) is 0 Å². The molecule has 2 heteroatoms. The number of rotatable bonds is 0. The molecule has 0 saturated carbocycles. The highest BCUT2D eigenvalue weighted by Gasteiger charge is 2.24. The van der Waals surface area contributed by atoms with Gasteiger partial charge in [0.25, 0.3) is 0 Å². The molecule has 1 aliphatic rings. The first kappa shape index (κ1) is 7.03. The molecule has 0 bridgehead atoms. The van der Waals surface area contributed by atoms with Crippen molar-refractivity contribution in [3.63, 3.8) is 0 Å². The molecule has 9 heavy (non-hydrogen) atoms. The van der Waals surface area contributed by atoms with Crippen LogP contribution < -0.4 is 5.32 Å². The zero-order valence-electron chi connectivity index (χ0n) is 6.09. The standard InChI is InChI=1S/C7H15NO/c1-5-3-8-4-6(2)7(5)9/h5-9H,3-4H2,1-2H3/t5-,6-/m1/s1. The molecule has 0 radical (unpaired) electrons. The SMILES string of the molecule is C[C@@H]1CNC[C@@H](C)C1O. The fourth-order valence-corrected chi connectivity index (χ4v) is 1.34. The average Bonchev–Trinajstić information content (AvgIpc) is 1.83. The summed E-state index contributed by atoms with van der Waals surface area (Å²) in [6, 6.07) is 0. The molecule has 2 atom stereocenters. The van der Waals surface area contributed by atoms with Crippen LogP contribution in [0.3, 0.4) is 0 Å². The maximum absolute atomic E-state index is 9.41. The molecule has 0 amide bonds. The average molecular weight is 129 g/mol. The second-order valence-corrected chi connectivity index (χ2v) is 3.10. The van der Waals surface area contributed by atoms with Crippen molar-refractivity contribution in [3.05, 3.63) is 0 Å². The Morgan fingerprint density at radius 2 is 1.67 bits per heavy atom. The Kier molecular flexibility index (Phi) is 2.09. The Labute approximate surface area is 56.3 Å². The summed E-state index contributed by atoms with van der Waals surface area (Å²) in [4.78, 5) is 0. The minimum atomic E-state index is -0.0914. The number of aliphatic hydroxyl groups is 1. The lowest BCUT2D eigenvalue weighted by atomic mass is 9.90. The third-order valence-electron chi connectivity index (χ3n) is 2.10. The molecule has 2 N–H and O–H groups in total. The molecule has 1 fully saturated rings. The first-order valence-corrected chi connectivity index (χ1v) is 3.60. The summed E-state index contributed by atoms with van der Waals surface area (Å²) >= 11 is 0. The van der Waals surface area contributed by atoms with Crippen molar-refractivity contribution < 1.29 is 5.11 Å². The molecular weight excluding hydrogens is 114 g/mol. The van der Waals surface area contributed by atoms with Gasteiger partial charge in [-0.1, -0.05) is 13.8 Å². The van der Waals surface area contributed by atoms with Gasteiger partial charge in [-0.2, -0.15) is 0 Å². The van der Waals surface area contributed by atoms with Crippen LogP contribution in [-0.2, 0) is 0 Å². The molecule has 1 heterocycles. The Balaban J connectivity index is 2.41. The topological polar surface area (TPSA) is 32.3 Å². The van der Waals surface area contributed by atoms with Gasteiger partial charge in [-0.15, -0.1) is 0 Å². The van der Waals surface area contributed by atoms with Gasteiger partial charge in [0.15, 0.2) is 0 Å². The lowest BCUT2D eigenvalue weighted by Crippen LogP contribution is -2.44. The second kappa shape index (κ2) is 2.67. The Morgan fingerprint density at radius 3 is 2.00 bits per heavy atom. The molecule has 1 rings (SSSR count). The third kappa shape index (κ3) is 1.43. The van der Waals surface area contributed by atoms with E-state index in [1.54, 1.807) is 0 Å². The first-order chi connectivity index (χ1) is 4.22. The second-order valence-electron chi connectivity index (χ2n) is 3.10. The minimum absolute atomic E-state index is 0.0914. The van der Waals surface area contributed by atoms with Crippen molar-refractivity contribution in [3.8, 4) is 0 Å². The highest BCUT2D eigenvalue weighted by atomic mass is 16.3. The summed E-state index contributed by atoms with van der Waals surface area (Å²) < 4.78 is 0. The van der Waals surface area contributed by atoms with Crippen LogP contribution >= 0.6 is 0 Å². The maximum Gasteiger partial charge on any atom is 0.0615 e. The fraction of sp³-hybridized carbons (Fsp3) is 1.00. The van der Waals surface area contributed by atoms with E-state index in [0.717, 1.165) is 13.1 Å². The molecule has 2 nitrogen and oxygen atoms in total. The quantitative estimate of drug-likeness (QED) is 0.490. The summed E-state index contributed by atoms with van der Waals surface area (Å²) in [5, 5.41) is 12.7. The first-order valence-electron chi connectivity index (χ1n) is 3.60. The van der Waals surface area contributed by atoms with Crippen LogP contribution in [-0.4, -0.2) is 24.3 Å². The van der Waals surface area contributed by atoms with Gasteiger partial charge in [0.1, 0.15) is 0 Å². The van der Waals surface area contributed by atoms with Gasteiger partial charge >= 0.3 is 0 Å². The van der Waals surface area contributed by atoms with Crippen molar-refractivity contribution in [1.29, 1.82) is 0 Å². The normalized spacial score (nSPS) is 39.0. The van der Waals surface area contributed by atoms with E-state index in [-0.39, 0.29) is 6.10 Å². The lowest BCUT2D eigenvalue weighted by molar-refractivity contribution is 0.0434. The van der Waals surface area contributed by atoms with Crippen molar-refractivity contribution in [1.82, 2.24) is 5.32 Å². The maximum atomic E-state index is 9.41. The van der Waals surface area contributed by atoms with Crippen molar-refractivity contribution in [2.24, 2.45) is 11.8 Å². The van der Waals surface area contributed by atoms with Crippen molar-refractivity contribution in [2.75, 3.05) is 13.1 Å². The molecule has 0 aromatic rings. The molecule has 54 valence electrons. The fourth-order valence-electron chi connectivity index (χ4n) is 1.34. The van der Waals surface area contributed by atoms with E-state index in [9.17, 15) is 5.11 Å². The van der Waals surface area contributed by atoms with E-state index in [4.69, 9.17) is 0 Å². The molecule has 1 aliphatic heterocycles. The highest BCUT2D eigenvalue weighted by molar-refractivity contribution is 4.78. The van der Waals surface area contributed by atoms with Gasteiger partial charge in [-0.25, -0.2) is 0 Å². The molecule has 0 unspecified atom stereocenters. The predicted molar refractivity (Wildman–Crippen MR) is 37.2 cm³/mol. The van der Waals surface area contributed by atoms with Gasteiger partial charge in [-0.05, 0) is 11.8 Å². The molecule has 0 spiro atoms. The van der Waals surface area contributed by atoms with Gasteiger partial charge < -0.3 is 10.4 Å². The molecule has 0 aromatic heterocycles. The number of aliphatic hydroxyl groups excluding tert-OH is 1. The lowest BCUT2D eigenvalue weighted by Gasteiger charge is -2.30. The number of piperidine rings is 1. The van der Waals surface area contributed by atoms with Crippen LogP contribution in [0, 0.1) is 11.8 Å². The molecule has 0 aliphatic carbocycles. The number of hydrogen-bond acceptors (Lipinski definition) is 2. The minimum Gasteiger partial charge on any atom is -0.392 e. The Morgan fingerprint density at radius 1 is 1.22 bits per heavy atom. The van der Waals surface area contributed by atoms with E-state index >= 15 is 0 Å². The van der Waals surface area contributed by atoms with E-state index < -0.39 is 0 Å². The zero-order valence-corrected chi connectivity index (χ0v) is 6.09. The van der Waals surface area contributed by atoms with Gasteiger partial charge in [0.05, 0.1) is 6.10 Å². The van der Waals surface area contributed by atoms with Gasteiger partial charge in [-0.3, -0.25) is 0 Å². The monoisotopic (exact) mass is 129 g/mol. The number of nitrogens with one attached hydrogen (secondary N) is 1. The summed E-state index contributed by atoms with van der Waals surface area (Å²) in [7, 11) is 0. The summed E-state index contributed by atoms with van der Waals surface area (Å²) in [5.41, 5.74) is 0. The molecule has 0 aromatic carbocycles. The van der Waals surface area contributed by atoms with Gasteiger partial charge in [0, 0.05) is 13.1 Å². The summed E-state index contributed by atoms with van der Waals surface area (Å²) in [6.07, 6.45) is -0.0914. The number of hydrogen-bond donors (Lipinski definition) is 2. The predicted octanol–water partition coefficient (Wildman–Crippen LogP) is 0.223. The zero-order chi connectivity index (χ0) is 6.85. The van der Waals surface area contributed by atoms with Gasteiger partial charge in [0.2, 0.25) is 0 Å². The van der Waals surface area contributed by atoms with Crippen LogP contribution in [0.15, 0.2) is 0 Å². The highest BCUT2D eigenvalue weighted by Crippen LogP contribution is 2.15. The van der Waals surface area contributed by atoms with E-state index in [1.807, 2.05) is 0 Å². The third-order valence-corrected chi connectivity index (χ3v) is 2.10. The summed E-state index contributed by atoms with van der Waals surface area (Å²) in [6.45, 7) is 6.08. The van der Waals surface area contributed by atoms with Crippen LogP contribution in [0.25, 0.3) is 0 Å². The van der Waals surface area contributed by atoms with Crippen molar-refractivity contribution >= 4 is 0 Å².